The Bertz CT molecular complexity index is 1030. The number of imidazole rings is 1. The van der Waals surface area contributed by atoms with Crippen molar-refractivity contribution in [1.29, 1.82) is 0 Å². The number of fused-ring (bicyclic) bond motifs is 2. The van der Waals surface area contributed by atoms with E-state index in [4.69, 9.17) is 4.74 Å². The van der Waals surface area contributed by atoms with Crippen LogP contribution in [0.2, 0.25) is 0 Å². The number of morpholine rings is 1. The molecule has 0 unspecified atom stereocenters. The third kappa shape index (κ3) is 2.72. The molecule has 9 nitrogen and oxygen atoms in total. The molecule has 3 aromatic rings. The number of likely N-dealkylation sites (tertiary alicyclic amines) is 1. The predicted molar refractivity (Wildman–Crippen MR) is 104 cm³/mol. The Morgan fingerprint density at radius 3 is 2.86 bits per heavy atom. The van der Waals surface area contributed by atoms with Crippen LogP contribution in [0, 0.1) is 11.8 Å². The third-order valence-corrected chi connectivity index (χ3v) is 6.60. The molecule has 3 aliphatic heterocycles. The molecule has 3 saturated heterocycles. The van der Waals surface area contributed by atoms with Crippen LogP contribution in [0.1, 0.15) is 5.69 Å². The molecular formula is C20H23N7O2. The molecule has 0 aromatic carbocycles. The maximum absolute atomic E-state index is 10.1. The number of rotatable bonds is 4. The summed E-state index contributed by atoms with van der Waals surface area (Å²) in [4.78, 5) is 17.7. The van der Waals surface area contributed by atoms with Crippen molar-refractivity contribution >= 4 is 11.6 Å². The minimum Gasteiger partial charge on any atom is -0.396 e. The standard InChI is InChI=1S/C20H23N7O2/c28-11-15-16-9-25(8-14-2-3-18-21-6-7-27(18)24-14)12-20(16)13-26(10-17(15)29-20)19-22-4-1-5-23-19/h1-7,15-17,28H,8-13H2/t15-,16+,17+,20-/m0/s1. The van der Waals surface area contributed by atoms with Crippen LogP contribution >= 0.6 is 0 Å². The molecule has 2 bridgehead atoms. The number of anilines is 1. The minimum atomic E-state index is -0.297. The van der Waals surface area contributed by atoms with Crippen molar-refractivity contribution in [2.24, 2.45) is 11.8 Å². The lowest BCUT2D eigenvalue weighted by Crippen LogP contribution is -2.54. The number of ether oxygens (including phenoxy) is 1. The Labute approximate surface area is 168 Å². The maximum Gasteiger partial charge on any atom is 0.225 e. The smallest absolute Gasteiger partial charge is 0.225 e. The van der Waals surface area contributed by atoms with Crippen LogP contribution in [0.3, 0.4) is 0 Å². The van der Waals surface area contributed by atoms with E-state index in [1.54, 1.807) is 18.6 Å². The quantitative estimate of drug-likeness (QED) is 0.673. The maximum atomic E-state index is 10.1. The zero-order valence-electron chi connectivity index (χ0n) is 16.0. The second-order valence-electron chi connectivity index (χ2n) is 8.33. The van der Waals surface area contributed by atoms with Crippen LogP contribution in [0.4, 0.5) is 5.95 Å². The lowest BCUT2D eigenvalue weighted by atomic mass is 9.83. The van der Waals surface area contributed by atoms with Crippen LogP contribution in [0.25, 0.3) is 5.65 Å². The average Bonchev–Trinajstić information content (AvgIpc) is 3.38. The molecule has 9 heteroatoms. The van der Waals surface area contributed by atoms with E-state index < -0.39 is 0 Å². The van der Waals surface area contributed by atoms with Gasteiger partial charge in [-0.15, -0.1) is 0 Å². The monoisotopic (exact) mass is 393 g/mol. The van der Waals surface area contributed by atoms with Gasteiger partial charge >= 0.3 is 0 Å². The summed E-state index contributed by atoms with van der Waals surface area (Å²) < 4.78 is 8.36. The van der Waals surface area contributed by atoms with Gasteiger partial charge in [0.2, 0.25) is 5.95 Å². The molecule has 6 heterocycles. The van der Waals surface area contributed by atoms with Gasteiger partial charge in [-0.25, -0.2) is 19.5 Å². The van der Waals surface area contributed by atoms with Gasteiger partial charge in [0.25, 0.3) is 0 Å². The summed E-state index contributed by atoms with van der Waals surface area (Å²) in [5.41, 5.74) is 1.56. The van der Waals surface area contributed by atoms with Crippen molar-refractivity contribution in [1.82, 2.24) is 29.5 Å². The Balaban J connectivity index is 1.26. The minimum absolute atomic E-state index is 0.0186. The second kappa shape index (κ2) is 6.45. The van der Waals surface area contributed by atoms with Crippen molar-refractivity contribution in [3.63, 3.8) is 0 Å². The number of aromatic nitrogens is 5. The number of hydrogen-bond donors (Lipinski definition) is 1. The summed E-state index contributed by atoms with van der Waals surface area (Å²) in [5, 5.41) is 14.8. The first-order valence-electron chi connectivity index (χ1n) is 10.1. The highest BCUT2D eigenvalue weighted by molar-refractivity contribution is 5.37. The van der Waals surface area contributed by atoms with Crippen molar-refractivity contribution in [3.05, 3.63) is 48.7 Å². The zero-order chi connectivity index (χ0) is 19.4. The molecule has 0 radical (unpaired) electrons. The summed E-state index contributed by atoms with van der Waals surface area (Å²) in [7, 11) is 0. The van der Waals surface area contributed by atoms with E-state index in [0.29, 0.717) is 5.92 Å². The summed E-state index contributed by atoms with van der Waals surface area (Å²) in [6.45, 7) is 4.09. The lowest BCUT2D eigenvalue weighted by molar-refractivity contribution is -0.0650. The van der Waals surface area contributed by atoms with Gasteiger partial charge in [-0.05, 0) is 18.2 Å². The van der Waals surface area contributed by atoms with Crippen LogP contribution in [-0.2, 0) is 11.3 Å². The number of hydrogen-bond acceptors (Lipinski definition) is 8. The van der Waals surface area contributed by atoms with Crippen LogP contribution in [-0.4, -0.2) is 79.1 Å². The fraction of sp³-hybridized carbons (Fsp3) is 0.500. The molecule has 3 aromatic heterocycles. The molecule has 29 heavy (non-hydrogen) atoms. The van der Waals surface area contributed by atoms with Gasteiger partial charge in [-0.1, -0.05) is 0 Å². The van der Waals surface area contributed by atoms with E-state index in [9.17, 15) is 5.11 Å². The van der Waals surface area contributed by atoms with Crippen molar-refractivity contribution in [2.45, 2.75) is 18.2 Å². The Kier molecular flexibility index (Phi) is 3.84. The van der Waals surface area contributed by atoms with E-state index in [1.807, 2.05) is 28.9 Å². The molecular weight excluding hydrogens is 370 g/mol. The van der Waals surface area contributed by atoms with Gasteiger partial charge in [0, 0.05) is 69.4 Å². The summed E-state index contributed by atoms with van der Waals surface area (Å²) >= 11 is 0. The molecule has 4 atom stereocenters. The molecule has 3 aliphatic rings. The predicted octanol–water partition coefficient (Wildman–Crippen LogP) is 0.217. The van der Waals surface area contributed by atoms with Crippen molar-refractivity contribution < 1.29 is 9.84 Å². The van der Waals surface area contributed by atoms with Gasteiger partial charge < -0.3 is 14.7 Å². The third-order valence-electron chi connectivity index (χ3n) is 6.60. The Morgan fingerprint density at radius 1 is 1.10 bits per heavy atom. The first kappa shape index (κ1) is 17.3. The van der Waals surface area contributed by atoms with E-state index in [0.717, 1.165) is 50.0 Å². The zero-order valence-corrected chi connectivity index (χ0v) is 16.0. The van der Waals surface area contributed by atoms with Gasteiger partial charge in [0.1, 0.15) is 5.60 Å². The molecule has 0 amide bonds. The molecule has 1 N–H and O–H groups in total. The first-order valence-corrected chi connectivity index (χ1v) is 10.1. The highest BCUT2D eigenvalue weighted by atomic mass is 16.5. The largest absolute Gasteiger partial charge is 0.396 e. The van der Waals surface area contributed by atoms with E-state index >= 15 is 0 Å². The van der Waals surface area contributed by atoms with Crippen LogP contribution in [0.15, 0.2) is 43.0 Å². The van der Waals surface area contributed by atoms with Crippen LogP contribution in [0.5, 0.6) is 0 Å². The van der Waals surface area contributed by atoms with Crippen molar-refractivity contribution in [3.8, 4) is 0 Å². The molecule has 6 rings (SSSR count). The van der Waals surface area contributed by atoms with E-state index in [1.165, 1.54) is 0 Å². The Morgan fingerprint density at radius 2 is 2.00 bits per heavy atom. The fourth-order valence-electron chi connectivity index (χ4n) is 5.43. The number of aliphatic hydroxyl groups is 1. The summed E-state index contributed by atoms with van der Waals surface area (Å²) in [6.07, 6.45) is 7.19. The summed E-state index contributed by atoms with van der Waals surface area (Å²) in [5.74, 6) is 1.17. The van der Waals surface area contributed by atoms with Gasteiger partial charge in [-0.3, -0.25) is 4.90 Å². The Hall–Kier alpha value is -2.62. The number of nitrogens with zero attached hydrogens (tertiary/aromatic N) is 7. The van der Waals surface area contributed by atoms with E-state index in [-0.39, 0.29) is 24.2 Å². The fourth-order valence-corrected chi connectivity index (χ4v) is 5.43. The topological polar surface area (TPSA) is 91.9 Å². The highest BCUT2D eigenvalue weighted by Crippen LogP contribution is 2.49. The average molecular weight is 393 g/mol. The van der Waals surface area contributed by atoms with Gasteiger partial charge in [0.15, 0.2) is 5.65 Å². The van der Waals surface area contributed by atoms with Gasteiger partial charge in [0.05, 0.1) is 18.3 Å². The SMILES string of the molecule is OC[C@H]1[C@H]2CN(Cc3ccc4nccn4n3)C[C@]23CN(c2ncccn2)C[C@H]1O3. The molecule has 0 saturated carbocycles. The molecule has 1 spiro atoms. The van der Waals surface area contributed by atoms with E-state index in [2.05, 4.69) is 29.9 Å². The normalized spacial score (nSPS) is 31.5. The van der Waals surface area contributed by atoms with Crippen molar-refractivity contribution in [2.75, 3.05) is 37.7 Å². The number of aliphatic hydroxyl groups excluding tert-OH is 1. The lowest BCUT2D eigenvalue weighted by Gasteiger charge is -2.40. The molecule has 3 fully saturated rings. The van der Waals surface area contributed by atoms with Gasteiger partial charge in [-0.2, -0.15) is 5.10 Å². The van der Waals surface area contributed by atoms with Crippen LogP contribution < -0.4 is 4.90 Å². The molecule has 150 valence electrons. The highest BCUT2D eigenvalue weighted by Gasteiger charge is 2.62. The summed E-state index contributed by atoms with van der Waals surface area (Å²) in [6, 6.07) is 5.86. The second-order valence-corrected chi connectivity index (χ2v) is 8.33. The molecule has 0 aliphatic carbocycles. The first-order chi connectivity index (χ1) is 14.2.